The molecule has 0 spiro atoms. The fourth-order valence-corrected chi connectivity index (χ4v) is 2.15. The third-order valence-electron chi connectivity index (χ3n) is 3.59. The third-order valence-corrected chi connectivity index (χ3v) is 3.59. The molecular weight excluding hydrogens is 308 g/mol. The summed E-state index contributed by atoms with van der Waals surface area (Å²) in [5.41, 5.74) is 0.475. The van der Waals surface area contributed by atoms with Crippen molar-refractivity contribution in [1.82, 2.24) is 0 Å². The Bertz CT molecular complexity index is 481. The van der Waals surface area contributed by atoms with E-state index in [4.69, 9.17) is 9.47 Å². The first kappa shape index (κ1) is 20.0. The second-order valence-corrected chi connectivity index (χ2v) is 5.60. The SMILES string of the molecule is CCCCCCCOc1ccc(C(=O)OCCCC(=O)OC)cc1. The average Bonchev–Trinajstić information content (AvgIpc) is 2.61. The average molecular weight is 336 g/mol. The number of unbranched alkanes of at least 4 members (excludes halogenated alkanes) is 4. The van der Waals surface area contributed by atoms with Crippen molar-refractivity contribution in [3.8, 4) is 5.75 Å². The number of rotatable bonds is 12. The summed E-state index contributed by atoms with van der Waals surface area (Å²) in [5.74, 6) is 0.0564. The number of esters is 2. The van der Waals surface area contributed by atoms with Crippen molar-refractivity contribution >= 4 is 11.9 Å². The lowest BCUT2D eigenvalue weighted by molar-refractivity contribution is -0.140. The number of ether oxygens (including phenoxy) is 3. The third kappa shape index (κ3) is 8.56. The Morgan fingerprint density at radius 2 is 1.62 bits per heavy atom. The van der Waals surface area contributed by atoms with Crippen LogP contribution < -0.4 is 4.74 Å². The van der Waals surface area contributed by atoms with Crippen LogP contribution in [0.4, 0.5) is 0 Å². The molecule has 1 aromatic carbocycles. The molecule has 1 rings (SSSR count). The molecule has 0 saturated heterocycles. The Kier molecular flexibility index (Phi) is 10.3. The van der Waals surface area contributed by atoms with E-state index in [1.807, 2.05) is 0 Å². The molecule has 24 heavy (non-hydrogen) atoms. The van der Waals surface area contributed by atoms with E-state index in [1.54, 1.807) is 24.3 Å². The van der Waals surface area contributed by atoms with Crippen LogP contribution in [0.2, 0.25) is 0 Å². The van der Waals surface area contributed by atoms with Gasteiger partial charge in [-0.05, 0) is 37.1 Å². The highest BCUT2D eigenvalue weighted by molar-refractivity contribution is 5.89. The Morgan fingerprint density at radius 3 is 2.29 bits per heavy atom. The van der Waals surface area contributed by atoms with Gasteiger partial charge in [-0.15, -0.1) is 0 Å². The summed E-state index contributed by atoms with van der Waals surface area (Å²) in [6, 6.07) is 6.93. The van der Waals surface area contributed by atoms with Crippen LogP contribution in [0, 0.1) is 0 Å². The van der Waals surface area contributed by atoms with E-state index < -0.39 is 5.97 Å². The number of hydrogen-bond acceptors (Lipinski definition) is 5. The fraction of sp³-hybridized carbons (Fsp3) is 0.579. The van der Waals surface area contributed by atoms with Crippen LogP contribution >= 0.6 is 0 Å². The molecule has 1 aromatic rings. The smallest absolute Gasteiger partial charge is 0.338 e. The zero-order chi connectivity index (χ0) is 17.6. The van der Waals surface area contributed by atoms with E-state index in [0.29, 0.717) is 18.6 Å². The van der Waals surface area contributed by atoms with Gasteiger partial charge in [0.15, 0.2) is 0 Å². The molecule has 0 aromatic heterocycles. The van der Waals surface area contributed by atoms with Crippen LogP contribution in [0.3, 0.4) is 0 Å². The first-order valence-electron chi connectivity index (χ1n) is 8.64. The van der Waals surface area contributed by atoms with E-state index in [0.717, 1.165) is 12.2 Å². The molecule has 0 aliphatic carbocycles. The molecule has 0 aliphatic heterocycles. The minimum absolute atomic E-state index is 0.198. The first-order valence-corrected chi connectivity index (χ1v) is 8.64. The second-order valence-electron chi connectivity index (χ2n) is 5.60. The topological polar surface area (TPSA) is 61.8 Å². The van der Waals surface area contributed by atoms with Crippen LogP contribution in [0.25, 0.3) is 0 Å². The van der Waals surface area contributed by atoms with Crippen LogP contribution in [0.5, 0.6) is 5.75 Å². The minimum atomic E-state index is -0.397. The zero-order valence-electron chi connectivity index (χ0n) is 14.7. The molecule has 5 nitrogen and oxygen atoms in total. The Morgan fingerprint density at radius 1 is 0.917 bits per heavy atom. The maximum Gasteiger partial charge on any atom is 0.338 e. The molecule has 0 saturated carbocycles. The van der Waals surface area contributed by atoms with Crippen molar-refractivity contribution in [2.45, 2.75) is 51.9 Å². The van der Waals surface area contributed by atoms with Gasteiger partial charge in [0.25, 0.3) is 0 Å². The van der Waals surface area contributed by atoms with Gasteiger partial charge >= 0.3 is 11.9 Å². The van der Waals surface area contributed by atoms with Crippen molar-refractivity contribution < 1.29 is 23.8 Å². The van der Waals surface area contributed by atoms with Crippen molar-refractivity contribution in [3.63, 3.8) is 0 Å². The minimum Gasteiger partial charge on any atom is -0.494 e. The monoisotopic (exact) mass is 336 g/mol. The Labute approximate surface area is 144 Å². The van der Waals surface area contributed by atoms with Crippen LogP contribution in [-0.4, -0.2) is 32.3 Å². The molecule has 0 fully saturated rings. The number of carbonyl (C=O) groups is 2. The largest absolute Gasteiger partial charge is 0.494 e. The van der Waals surface area contributed by atoms with Gasteiger partial charge in [-0.1, -0.05) is 32.6 Å². The predicted molar refractivity (Wildman–Crippen MR) is 92.2 cm³/mol. The molecule has 0 atom stereocenters. The van der Waals surface area contributed by atoms with E-state index >= 15 is 0 Å². The standard InChI is InChI=1S/C19H28O5/c1-3-4-5-6-7-14-23-17-12-10-16(11-13-17)19(21)24-15-8-9-18(20)22-2/h10-13H,3-9,14-15H2,1-2H3. The molecule has 134 valence electrons. The maximum absolute atomic E-state index is 11.9. The van der Waals surface area contributed by atoms with Gasteiger partial charge in [0.2, 0.25) is 0 Å². The molecular formula is C19H28O5. The van der Waals surface area contributed by atoms with Gasteiger partial charge < -0.3 is 14.2 Å². The molecule has 0 unspecified atom stereocenters. The quantitative estimate of drug-likeness (QED) is 0.424. The maximum atomic E-state index is 11.9. The summed E-state index contributed by atoms with van der Waals surface area (Å²) >= 11 is 0. The lowest BCUT2D eigenvalue weighted by Gasteiger charge is -2.07. The van der Waals surface area contributed by atoms with E-state index in [-0.39, 0.29) is 19.0 Å². The highest BCUT2D eigenvalue weighted by Gasteiger charge is 2.08. The summed E-state index contributed by atoms with van der Waals surface area (Å²) < 4.78 is 15.3. The number of benzene rings is 1. The first-order chi connectivity index (χ1) is 11.7. The summed E-state index contributed by atoms with van der Waals surface area (Å²) in [7, 11) is 1.34. The lowest BCUT2D eigenvalue weighted by Crippen LogP contribution is -2.08. The second kappa shape index (κ2) is 12.4. The number of hydrogen-bond donors (Lipinski definition) is 0. The summed E-state index contributed by atoms with van der Waals surface area (Å²) in [4.78, 5) is 22.8. The van der Waals surface area contributed by atoms with E-state index in [9.17, 15) is 9.59 Å². The van der Waals surface area contributed by atoms with Crippen molar-refractivity contribution in [2.75, 3.05) is 20.3 Å². The predicted octanol–water partition coefficient (Wildman–Crippen LogP) is 4.15. The summed E-state index contributed by atoms with van der Waals surface area (Å²) in [6.07, 6.45) is 6.69. The van der Waals surface area contributed by atoms with E-state index in [2.05, 4.69) is 11.7 Å². The van der Waals surface area contributed by atoms with Crippen LogP contribution in [-0.2, 0) is 14.3 Å². The Hall–Kier alpha value is -2.04. The Balaban J connectivity index is 2.23. The van der Waals surface area contributed by atoms with Crippen molar-refractivity contribution in [3.05, 3.63) is 29.8 Å². The number of carbonyl (C=O) groups excluding carboxylic acids is 2. The summed E-state index contributed by atoms with van der Waals surface area (Å²) in [6.45, 7) is 3.09. The number of methoxy groups -OCH3 is 1. The molecule has 0 N–H and O–H groups in total. The highest BCUT2D eigenvalue weighted by atomic mass is 16.5. The van der Waals surface area contributed by atoms with Crippen LogP contribution in [0.1, 0.15) is 62.2 Å². The fourth-order valence-electron chi connectivity index (χ4n) is 2.15. The van der Waals surface area contributed by atoms with Crippen molar-refractivity contribution in [1.29, 1.82) is 0 Å². The van der Waals surface area contributed by atoms with Gasteiger partial charge in [0.05, 0.1) is 25.9 Å². The molecule has 0 amide bonds. The molecule has 5 heteroatoms. The molecule has 0 heterocycles. The van der Waals surface area contributed by atoms with Gasteiger partial charge in [0, 0.05) is 6.42 Å². The van der Waals surface area contributed by atoms with Crippen LogP contribution in [0.15, 0.2) is 24.3 Å². The summed E-state index contributed by atoms with van der Waals surface area (Å²) in [5, 5.41) is 0. The van der Waals surface area contributed by atoms with Crippen molar-refractivity contribution in [2.24, 2.45) is 0 Å². The molecule has 0 aliphatic rings. The zero-order valence-corrected chi connectivity index (χ0v) is 14.7. The highest BCUT2D eigenvalue weighted by Crippen LogP contribution is 2.14. The lowest BCUT2D eigenvalue weighted by atomic mass is 10.2. The van der Waals surface area contributed by atoms with Gasteiger partial charge in [0.1, 0.15) is 5.75 Å². The normalized spacial score (nSPS) is 10.2. The van der Waals surface area contributed by atoms with Gasteiger partial charge in [-0.3, -0.25) is 4.79 Å². The van der Waals surface area contributed by atoms with Gasteiger partial charge in [-0.2, -0.15) is 0 Å². The molecule has 0 radical (unpaired) electrons. The van der Waals surface area contributed by atoms with Gasteiger partial charge in [-0.25, -0.2) is 4.79 Å². The molecule has 0 bridgehead atoms. The van der Waals surface area contributed by atoms with E-state index in [1.165, 1.54) is 32.8 Å².